The molecule has 3 aromatic rings. The molecule has 33 heavy (non-hydrogen) atoms. The van der Waals surface area contributed by atoms with Crippen LogP contribution in [0.3, 0.4) is 0 Å². The van der Waals surface area contributed by atoms with Crippen LogP contribution in [-0.2, 0) is 27.4 Å². The molecule has 3 heterocycles. The van der Waals surface area contributed by atoms with Crippen LogP contribution in [0.5, 0.6) is 0 Å². The lowest BCUT2D eigenvalue weighted by Gasteiger charge is -2.26. The molecule has 1 aliphatic heterocycles. The van der Waals surface area contributed by atoms with Crippen molar-refractivity contribution in [2.75, 3.05) is 40.0 Å². The van der Waals surface area contributed by atoms with Crippen LogP contribution in [0.1, 0.15) is 21.9 Å². The minimum atomic E-state index is -0.527. The third-order valence-corrected chi connectivity index (χ3v) is 5.31. The Hall–Kier alpha value is -3.56. The molecular weight excluding hydrogens is 424 g/mol. The minimum absolute atomic E-state index is 0.138. The fourth-order valence-electron chi connectivity index (χ4n) is 3.55. The number of hydrogen-bond donors (Lipinski definition) is 0. The third-order valence-electron chi connectivity index (χ3n) is 5.31. The van der Waals surface area contributed by atoms with Gasteiger partial charge >= 0.3 is 5.97 Å². The van der Waals surface area contributed by atoms with Crippen molar-refractivity contribution in [2.45, 2.75) is 13.1 Å². The number of pyridine rings is 1. The number of hydrogen-bond acceptors (Lipinski definition) is 8. The summed E-state index contributed by atoms with van der Waals surface area (Å²) in [5.74, 6) is -0.129. The molecule has 1 aromatic carbocycles. The number of amides is 1. The first-order valence-electron chi connectivity index (χ1n) is 10.8. The summed E-state index contributed by atoms with van der Waals surface area (Å²) >= 11 is 0. The van der Waals surface area contributed by atoms with Crippen LogP contribution in [0, 0.1) is 0 Å². The van der Waals surface area contributed by atoms with E-state index in [-0.39, 0.29) is 18.8 Å². The Morgan fingerprint density at radius 2 is 1.85 bits per heavy atom. The maximum absolute atomic E-state index is 13.6. The molecule has 0 aliphatic carbocycles. The molecular formula is C24H26N4O5. The number of nitrogens with zero attached hydrogens (tertiary/aromatic N) is 4. The normalized spacial score (nSPS) is 14.1. The second-order valence-electron chi connectivity index (χ2n) is 7.60. The van der Waals surface area contributed by atoms with Gasteiger partial charge in [-0.05, 0) is 24.3 Å². The molecule has 1 fully saturated rings. The van der Waals surface area contributed by atoms with Gasteiger partial charge < -0.3 is 18.8 Å². The van der Waals surface area contributed by atoms with Gasteiger partial charge in [0.15, 0.2) is 11.5 Å². The summed E-state index contributed by atoms with van der Waals surface area (Å²) in [5, 5.41) is 0. The fraction of sp³-hybridized carbons (Fsp3) is 0.333. The summed E-state index contributed by atoms with van der Waals surface area (Å²) in [6, 6.07) is 14.8. The van der Waals surface area contributed by atoms with Crippen LogP contribution in [0.4, 0.5) is 0 Å². The van der Waals surface area contributed by atoms with E-state index in [9.17, 15) is 9.59 Å². The summed E-state index contributed by atoms with van der Waals surface area (Å²) in [6.45, 7) is 3.04. The fourth-order valence-corrected chi connectivity index (χ4v) is 3.55. The van der Waals surface area contributed by atoms with Gasteiger partial charge in [0.2, 0.25) is 5.89 Å². The van der Waals surface area contributed by atoms with Crippen molar-refractivity contribution in [1.29, 1.82) is 0 Å². The Labute approximate surface area is 191 Å². The zero-order chi connectivity index (χ0) is 23.0. The van der Waals surface area contributed by atoms with Gasteiger partial charge in [-0.1, -0.05) is 24.3 Å². The van der Waals surface area contributed by atoms with Crippen molar-refractivity contribution in [3.8, 4) is 11.5 Å². The molecule has 9 nitrogen and oxygen atoms in total. The first-order valence-corrected chi connectivity index (χ1v) is 10.8. The van der Waals surface area contributed by atoms with Gasteiger partial charge in [-0.3, -0.25) is 19.5 Å². The highest BCUT2D eigenvalue weighted by atomic mass is 16.5. The lowest BCUT2D eigenvalue weighted by atomic mass is 10.2. The van der Waals surface area contributed by atoms with Crippen LogP contribution >= 0.6 is 0 Å². The quantitative estimate of drug-likeness (QED) is 0.483. The molecule has 0 N–H and O–H groups in total. The van der Waals surface area contributed by atoms with Gasteiger partial charge in [-0.25, -0.2) is 4.98 Å². The Morgan fingerprint density at radius 3 is 2.55 bits per heavy atom. The van der Waals surface area contributed by atoms with Gasteiger partial charge in [0.05, 0.1) is 39.1 Å². The summed E-state index contributed by atoms with van der Waals surface area (Å²) in [4.78, 5) is 38.1. The first-order chi connectivity index (χ1) is 16.1. The van der Waals surface area contributed by atoms with E-state index in [4.69, 9.17) is 13.9 Å². The molecule has 1 saturated heterocycles. The summed E-state index contributed by atoms with van der Waals surface area (Å²) in [5.41, 5.74) is 1.60. The molecule has 4 rings (SSSR count). The highest BCUT2D eigenvalue weighted by Gasteiger charge is 2.29. The largest absolute Gasteiger partial charge is 0.468 e. The van der Waals surface area contributed by atoms with Crippen LogP contribution in [-0.4, -0.2) is 71.6 Å². The number of carbonyl (C=O) groups excluding carboxylic acids is 2. The Morgan fingerprint density at radius 1 is 1.09 bits per heavy atom. The molecule has 0 radical (unpaired) electrons. The number of oxazole rings is 1. The Bertz CT molecular complexity index is 1060. The number of ether oxygens (including phenoxy) is 2. The molecule has 0 unspecified atom stereocenters. The lowest BCUT2D eigenvalue weighted by molar-refractivity contribution is -0.141. The number of carbonyl (C=O) groups is 2. The number of rotatable bonds is 8. The second kappa shape index (κ2) is 10.8. The van der Waals surface area contributed by atoms with E-state index in [0.29, 0.717) is 37.1 Å². The predicted octanol–water partition coefficient (Wildman–Crippen LogP) is 2.38. The van der Waals surface area contributed by atoms with E-state index in [0.717, 1.165) is 18.7 Å². The highest BCUT2D eigenvalue weighted by molar-refractivity contribution is 5.95. The Balaban J connectivity index is 1.67. The van der Waals surface area contributed by atoms with E-state index in [2.05, 4.69) is 14.9 Å². The van der Waals surface area contributed by atoms with Gasteiger partial charge in [-0.15, -0.1) is 0 Å². The SMILES string of the molecule is COC(=O)CN(Cc1ccccn1)C(=O)c1nc(-c2ccccc2)oc1CN1CCOCC1. The smallest absolute Gasteiger partial charge is 0.325 e. The average Bonchev–Trinajstić information content (AvgIpc) is 3.28. The topological polar surface area (TPSA) is 98.0 Å². The molecule has 172 valence electrons. The summed E-state index contributed by atoms with van der Waals surface area (Å²) < 4.78 is 16.3. The molecule has 1 aliphatic rings. The van der Waals surface area contributed by atoms with Crippen molar-refractivity contribution in [1.82, 2.24) is 19.8 Å². The maximum Gasteiger partial charge on any atom is 0.325 e. The van der Waals surface area contributed by atoms with Crippen LogP contribution in [0.2, 0.25) is 0 Å². The molecule has 0 atom stereocenters. The molecule has 0 saturated carbocycles. The average molecular weight is 450 g/mol. The monoisotopic (exact) mass is 450 g/mol. The van der Waals surface area contributed by atoms with Gasteiger partial charge in [0, 0.05) is 24.8 Å². The van der Waals surface area contributed by atoms with E-state index in [1.54, 1.807) is 18.3 Å². The zero-order valence-electron chi connectivity index (χ0n) is 18.5. The van der Waals surface area contributed by atoms with Crippen molar-refractivity contribution in [3.63, 3.8) is 0 Å². The van der Waals surface area contributed by atoms with Crippen molar-refractivity contribution >= 4 is 11.9 Å². The number of benzene rings is 1. The molecule has 0 spiro atoms. The zero-order valence-corrected chi connectivity index (χ0v) is 18.5. The number of esters is 1. The predicted molar refractivity (Wildman–Crippen MR) is 119 cm³/mol. The number of methoxy groups -OCH3 is 1. The highest BCUT2D eigenvalue weighted by Crippen LogP contribution is 2.25. The van der Waals surface area contributed by atoms with E-state index < -0.39 is 11.9 Å². The number of aromatic nitrogens is 2. The van der Waals surface area contributed by atoms with E-state index in [1.165, 1.54) is 12.0 Å². The maximum atomic E-state index is 13.6. The third kappa shape index (κ3) is 5.82. The van der Waals surface area contributed by atoms with Gasteiger partial charge in [0.1, 0.15) is 6.54 Å². The van der Waals surface area contributed by atoms with Crippen molar-refractivity contribution < 1.29 is 23.5 Å². The minimum Gasteiger partial charge on any atom is -0.468 e. The van der Waals surface area contributed by atoms with Crippen LogP contribution in [0.15, 0.2) is 59.1 Å². The van der Waals surface area contributed by atoms with Crippen LogP contribution in [0.25, 0.3) is 11.5 Å². The molecule has 9 heteroatoms. The number of morpholine rings is 1. The van der Waals surface area contributed by atoms with Gasteiger partial charge in [-0.2, -0.15) is 0 Å². The molecule has 2 aromatic heterocycles. The van der Waals surface area contributed by atoms with Crippen molar-refractivity contribution in [2.24, 2.45) is 0 Å². The van der Waals surface area contributed by atoms with Crippen molar-refractivity contribution in [3.05, 3.63) is 71.9 Å². The Kier molecular flexibility index (Phi) is 7.43. The summed E-state index contributed by atoms with van der Waals surface area (Å²) in [7, 11) is 1.29. The molecule has 1 amide bonds. The second-order valence-corrected chi connectivity index (χ2v) is 7.60. The van der Waals surface area contributed by atoms with E-state index >= 15 is 0 Å². The summed E-state index contributed by atoms with van der Waals surface area (Å²) in [6.07, 6.45) is 1.64. The first kappa shape index (κ1) is 22.6. The lowest BCUT2D eigenvalue weighted by Crippen LogP contribution is -2.38. The van der Waals surface area contributed by atoms with Gasteiger partial charge in [0.25, 0.3) is 5.91 Å². The molecule has 0 bridgehead atoms. The van der Waals surface area contributed by atoms with E-state index in [1.807, 2.05) is 36.4 Å². The van der Waals surface area contributed by atoms with Crippen LogP contribution < -0.4 is 0 Å². The standard InChI is InChI=1S/C24H26N4O5/c1-31-21(29)17-28(15-19-9-5-6-10-25-19)24(30)22-20(16-27-11-13-32-14-12-27)33-23(26-22)18-7-3-2-4-8-18/h2-10H,11-17H2,1H3.